The zero-order valence-corrected chi connectivity index (χ0v) is 19.0. The molecule has 26 heavy (non-hydrogen) atoms. The maximum absolute atomic E-state index is 2.51. The fourth-order valence-corrected chi connectivity index (χ4v) is 6.27. The molecule has 0 aliphatic heterocycles. The molecule has 0 radical (unpaired) electrons. The second-order valence-corrected chi connectivity index (χ2v) is 10.4. The molecular formula is C24H34S2. The monoisotopic (exact) mass is 386 g/mol. The molecule has 2 aromatic heterocycles. The summed E-state index contributed by atoms with van der Waals surface area (Å²) in [6.45, 7) is 13.9. The molecule has 0 N–H and O–H groups in total. The molecule has 0 fully saturated rings. The summed E-state index contributed by atoms with van der Waals surface area (Å²) in [5, 5.41) is 0. The fourth-order valence-electron chi connectivity index (χ4n) is 3.78. The van der Waals surface area contributed by atoms with Gasteiger partial charge in [0.2, 0.25) is 0 Å². The van der Waals surface area contributed by atoms with Gasteiger partial charge in [0.25, 0.3) is 0 Å². The molecule has 0 spiro atoms. The average Bonchev–Trinajstić information content (AvgIpc) is 3.26. The van der Waals surface area contributed by atoms with E-state index in [-0.39, 0.29) is 0 Å². The Bertz CT molecular complexity index is 719. The molecular weight excluding hydrogens is 352 g/mol. The zero-order chi connectivity index (χ0) is 18.8. The van der Waals surface area contributed by atoms with Gasteiger partial charge in [-0.3, -0.25) is 0 Å². The third-order valence-corrected chi connectivity index (χ3v) is 8.44. The maximum atomic E-state index is 2.51. The van der Waals surface area contributed by atoms with E-state index in [0.717, 1.165) is 0 Å². The first-order chi connectivity index (χ1) is 12.5. The number of hydrogen-bond donors (Lipinski definition) is 0. The first-order valence-electron chi connectivity index (χ1n) is 10.5. The Balaban J connectivity index is 2.18. The maximum Gasteiger partial charge on any atom is 0.0530 e. The van der Waals surface area contributed by atoms with Gasteiger partial charge in [0.15, 0.2) is 0 Å². The molecule has 0 atom stereocenters. The van der Waals surface area contributed by atoms with E-state index in [1.807, 2.05) is 22.7 Å². The van der Waals surface area contributed by atoms with Crippen LogP contribution in [0.4, 0.5) is 0 Å². The van der Waals surface area contributed by atoms with Gasteiger partial charge >= 0.3 is 0 Å². The number of allylic oxidation sites excluding steroid dienone is 1. The second-order valence-electron chi connectivity index (χ2n) is 8.28. The highest BCUT2D eigenvalue weighted by molar-refractivity contribution is 7.23. The Morgan fingerprint density at radius 2 is 1.19 bits per heavy atom. The molecule has 2 heteroatoms. The van der Waals surface area contributed by atoms with Gasteiger partial charge in [-0.1, -0.05) is 60.0 Å². The first-order valence-corrected chi connectivity index (χ1v) is 12.1. The minimum absolute atomic E-state index is 0.620. The van der Waals surface area contributed by atoms with E-state index in [1.165, 1.54) is 38.5 Å². The van der Waals surface area contributed by atoms with Crippen LogP contribution >= 0.6 is 22.7 Å². The van der Waals surface area contributed by atoms with Crippen LogP contribution in [0.5, 0.6) is 0 Å². The Labute approximate surface area is 168 Å². The van der Waals surface area contributed by atoms with Crippen LogP contribution in [0.15, 0.2) is 17.7 Å². The highest BCUT2D eigenvalue weighted by atomic mass is 32.1. The smallest absolute Gasteiger partial charge is 0.0530 e. The van der Waals surface area contributed by atoms with Gasteiger partial charge in [-0.05, 0) is 55.2 Å². The Kier molecular flexibility index (Phi) is 6.45. The highest BCUT2D eigenvalue weighted by Crippen LogP contribution is 2.55. The summed E-state index contributed by atoms with van der Waals surface area (Å²) in [6.07, 6.45) is 7.73. The van der Waals surface area contributed by atoms with Gasteiger partial charge in [-0.25, -0.2) is 0 Å². The van der Waals surface area contributed by atoms with Crippen molar-refractivity contribution in [1.29, 1.82) is 0 Å². The number of hydrogen-bond acceptors (Lipinski definition) is 2. The molecule has 0 saturated heterocycles. The molecule has 0 nitrogen and oxygen atoms in total. The van der Waals surface area contributed by atoms with E-state index >= 15 is 0 Å². The van der Waals surface area contributed by atoms with E-state index in [4.69, 9.17) is 0 Å². The van der Waals surface area contributed by atoms with E-state index in [2.05, 4.69) is 53.7 Å². The molecule has 0 unspecified atom stereocenters. The van der Waals surface area contributed by atoms with Crippen LogP contribution in [0.3, 0.4) is 0 Å². The number of rotatable bonds is 8. The normalized spacial score (nSPS) is 13.0. The van der Waals surface area contributed by atoms with Crippen molar-refractivity contribution in [3.8, 4) is 9.75 Å². The number of unbranched alkanes of at least 4 members (excludes halogenated alkanes) is 2. The molecule has 3 rings (SSSR count). The lowest BCUT2D eigenvalue weighted by Gasteiger charge is -2.13. The summed E-state index contributed by atoms with van der Waals surface area (Å²) >= 11 is 4.09. The Morgan fingerprint density at radius 3 is 1.54 bits per heavy atom. The lowest BCUT2D eigenvalue weighted by Crippen LogP contribution is -1.93. The van der Waals surface area contributed by atoms with Crippen molar-refractivity contribution in [2.24, 2.45) is 0 Å². The molecule has 142 valence electrons. The van der Waals surface area contributed by atoms with E-state index in [0.29, 0.717) is 11.8 Å². The third kappa shape index (κ3) is 3.73. The standard InChI is InChI=1S/C24H34S2/c1-7-9-11-17(12-10-8-2)22-18-13-20(15(3)4)25-23(18)24-19(22)14-21(26-24)16(5)6/h13-16H,7-12H2,1-6H3. The molecule has 0 amide bonds. The van der Waals surface area contributed by atoms with Crippen LogP contribution in [-0.2, 0) is 0 Å². The summed E-state index contributed by atoms with van der Waals surface area (Å²) in [4.78, 5) is 6.20. The van der Waals surface area contributed by atoms with Crippen molar-refractivity contribution in [3.63, 3.8) is 0 Å². The lowest BCUT2D eigenvalue weighted by atomic mass is 9.91. The van der Waals surface area contributed by atoms with Crippen molar-refractivity contribution in [3.05, 3.63) is 38.6 Å². The van der Waals surface area contributed by atoms with Crippen molar-refractivity contribution in [2.75, 3.05) is 0 Å². The topological polar surface area (TPSA) is 0 Å². The van der Waals surface area contributed by atoms with Gasteiger partial charge in [0.1, 0.15) is 0 Å². The van der Waals surface area contributed by atoms with Crippen LogP contribution in [0.2, 0.25) is 0 Å². The van der Waals surface area contributed by atoms with Crippen molar-refractivity contribution >= 4 is 28.2 Å². The van der Waals surface area contributed by atoms with Crippen LogP contribution in [0, 0.1) is 0 Å². The van der Waals surface area contributed by atoms with Crippen molar-refractivity contribution in [1.82, 2.24) is 0 Å². The zero-order valence-electron chi connectivity index (χ0n) is 17.4. The molecule has 2 heterocycles. The summed E-state index contributed by atoms with van der Waals surface area (Å²) in [5.41, 5.74) is 6.44. The SMILES string of the molecule is CCCCC(CCCC)=C1c2cc(C(C)C)sc2-c2sc(C(C)C)cc21. The minimum atomic E-state index is 0.620. The van der Waals surface area contributed by atoms with Gasteiger partial charge in [-0.2, -0.15) is 0 Å². The fraction of sp³-hybridized carbons (Fsp3) is 0.583. The predicted octanol–water partition coefficient (Wildman–Crippen LogP) is 9.22. The summed E-state index contributed by atoms with van der Waals surface area (Å²) in [7, 11) is 0. The number of thiophene rings is 2. The third-order valence-electron chi connectivity index (χ3n) is 5.40. The van der Waals surface area contributed by atoms with Crippen LogP contribution in [-0.4, -0.2) is 0 Å². The summed E-state index contributed by atoms with van der Waals surface area (Å²) in [6, 6.07) is 5.03. The molecule has 2 aromatic rings. The van der Waals surface area contributed by atoms with Crippen molar-refractivity contribution in [2.45, 2.75) is 91.9 Å². The molecule has 0 bridgehead atoms. The quantitative estimate of drug-likeness (QED) is 0.362. The predicted molar refractivity (Wildman–Crippen MR) is 121 cm³/mol. The van der Waals surface area contributed by atoms with Gasteiger partial charge in [-0.15, -0.1) is 22.7 Å². The summed E-state index contributed by atoms with van der Waals surface area (Å²) in [5.74, 6) is 1.24. The van der Waals surface area contributed by atoms with Crippen LogP contribution in [0.1, 0.15) is 113 Å². The van der Waals surface area contributed by atoms with Crippen LogP contribution in [0.25, 0.3) is 15.3 Å². The Morgan fingerprint density at radius 1 is 0.769 bits per heavy atom. The first kappa shape index (κ1) is 19.9. The van der Waals surface area contributed by atoms with E-state index < -0.39 is 0 Å². The van der Waals surface area contributed by atoms with Gasteiger partial charge in [0, 0.05) is 20.9 Å². The number of fused-ring (bicyclic) bond motifs is 3. The Hall–Kier alpha value is -0.860. The molecule has 1 aliphatic rings. The highest BCUT2D eigenvalue weighted by Gasteiger charge is 2.31. The van der Waals surface area contributed by atoms with E-state index in [9.17, 15) is 0 Å². The second kappa shape index (κ2) is 8.44. The average molecular weight is 387 g/mol. The molecule has 1 aliphatic carbocycles. The van der Waals surface area contributed by atoms with E-state index in [1.54, 1.807) is 41.8 Å². The van der Waals surface area contributed by atoms with Crippen LogP contribution < -0.4 is 0 Å². The van der Waals surface area contributed by atoms with Gasteiger partial charge in [0.05, 0.1) is 9.75 Å². The lowest BCUT2D eigenvalue weighted by molar-refractivity contribution is 0.715. The van der Waals surface area contributed by atoms with Crippen molar-refractivity contribution < 1.29 is 0 Å². The molecule has 0 aromatic carbocycles. The largest absolute Gasteiger partial charge is 0.138 e. The van der Waals surface area contributed by atoms with Gasteiger partial charge < -0.3 is 0 Å². The summed E-state index contributed by atoms with van der Waals surface area (Å²) < 4.78 is 0. The molecule has 0 saturated carbocycles. The minimum Gasteiger partial charge on any atom is -0.138 e.